The number of rotatable bonds is 19. The number of aliphatic hydroxyl groups is 2. The van der Waals surface area contributed by atoms with Gasteiger partial charge in [0.25, 0.3) is 0 Å². The molecule has 1 heterocycles. The van der Waals surface area contributed by atoms with E-state index < -0.39 is 63.0 Å². The number of aliphatic hydroxyl groups excluding tert-OH is 2. The molecule has 7 atom stereocenters. The minimum absolute atomic E-state index is 0.0371. The molecule has 4 rings (SSSR count). The van der Waals surface area contributed by atoms with Gasteiger partial charge in [0, 0.05) is 24.8 Å². The van der Waals surface area contributed by atoms with Crippen LogP contribution in [0.25, 0.3) is 0 Å². The van der Waals surface area contributed by atoms with E-state index in [4.69, 9.17) is 9.47 Å². The lowest BCUT2D eigenvalue weighted by Gasteiger charge is -2.33. The lowest BCUT2D eigenvalue weighted by molar-refractivity contribution is -0.131. The molecule has 47 heavy (non-hydrogen) atoms. The van der Waals surface area contributed by atoms with Crippen LogP contribution in [-0.2, 0) is 35.3 Å². The minimum atomic E-state index is -3.74. The van der Waals surface area contributed by atoms with E-state index in [9.17, 15) is 28.2 Å². The van der Waals surface area contributed by atoms with Crippen molar-refractivity contribution in [2.75, 3.05) is 26.3 Å². The van der Waals surface area contributed by atoms with Gasteiger partial charge in [-0.15, -0.1) is 11.3 Å². The first kappa shape index (κ1) is 37.4. The zero-order chi connectivity index (χ0) is 34.0. The molecule has 0 spiro atoms. The monoisotopic (exact) mass is 693 g/mol. The topological polar surface area (TPSA) is 164 Å². The average Bonchev–Trinajstić information content (AvgIpc) is 3.62. The molecule has 2 aromatic rings. The molecule has 0 unspecified atom stereocenters. The van der Waals surface area contributed by atoms with Crippen LogP contribution >= 0.6 is 11.3 Å². The molecule has 2 saturated carbocycles. The number of methoxy groups -OCH3 is 1. The van der Waals surface area contributed by atoms with Gasteiger partial charge in [-0.25, -0.2) is 13.4 Å². The Kier molecular flexibility index (Phi) is 14.2. The van der Waals surface area contributed by atoms with Crippen molar-refractivity contribution in [2.45, 2.75) is 101 Å². The normalized spacial score (nSPS) is 22.7. The van der Waals surface area contributed by atoms with E-state index in [1.165, 1.54) is 18.4 Å². The largest absolute Gasteiger partial charge is 0.390 e. The molecule has 2 aliphatic carbocycles. The number of thiazole rings is 1. The summed E-state index contributed by atoms with van der Waals surface area (Å²) >= 11 is 1.37. The fraction of sp³-hybridized carbons (Fsp3) is 0.676. The number of amides is 2. The molecule has 1 aromatic heterocycles. The fourth-order valence-electron chi connectivity index (χ4n) is 6.83. The lowest BCUT2D eigenvalue weighted by atomic mass is 9.82. The Labute approximate surface area is 282 Å². The number of nitrogens with one attached hydrogen (secondary N) is 2. The van der Waals surface area contributed by atoms with Gasteiger partial charge in [-0.05, 0) is 30.2 Å². The summed E-state index contributed by atoms with van der Waals surface area (Å²) in [6.07, 6.45) is 4.11. The van der Waals surface area contributed by atoms with Crippen LogP contribution in [0, 0.1) is 17.8 Å². The highest BCUT2D eigenvalue weighted by Gasteiger charge is 2.62. The molecule has 4 N–H and O–H groups in total. The smallest absolute Gasteiger partial charge is 0.243 e. The van der Waals surface area contributed by atoms with Crippen LogP contribution in [0.1, 0.15) is 76.0 Å². The van der Waals surface area contributed by atoms with E-state index in [0.29, 0.717) is 24.5 Å². The molecule has 2 amide bonds. The predicted octanol–water partition coefficient (Wildman–Crippen LogP) is 3.21. The summed E-state index contributed by atoms with van der Waals surface area (Å²) in [4.78, 5) is 32.2. The van der Waals surface area contributed by atoms with Crippen LogP contribution < -0.4 is 10.6 Å². The van der Waals surface area contributed by atoms with Gasteiger partial charge in [-0.3, -0.25) is 9.59 Å². The number of hydrogen-bond donors (Lipinski definition) is 4. The van der Waals surface area contributed by atoms with Crippen LogP contribution in [0.15, 0.2) is 41.2 Å². The van der Waals surface area contributed by atoms with Gasteiger partial charge in [0.15, 0.2) is 9.84 Å². The van der Waals surface area contributed by atoms with Gasteiger partial charge >= 0.3 is 0 Å². The minimum Gasteiger partial charge on any atom is -0.390 e. The highest BCUT2D eigenvalue weighted by atomic mass is 32.2. The van der Waals surface area contributed by atoms with Crippen molar-refractivity contribution in [3.8, 4) is 0 Å². The Morgan fingerprint density at radius 3 is 2.45 bits per heavy atom. The van der Waals surface area contributed by atoms with E-state index in [2.05, 4.69) is 15.6 Å². The first-order valence-corrected chi connectivity index (χ1v) is 19.3. The number of sulfone groups is 1. The summed E-state index contributed by atoms with van der Waals surface area (Å²) in [5.74, 6) is -2.33. The molecule has 1 aromatic carbocycles. The molecule has 0 radical (unpaired) electrons. The first-order chi connectivity index (χ1) is 22.5. The van der Waals surface area contributed by atoms with Crippen LogP contribution in [0.3, 0.4) is 0 Å². The second-order valence-electron chi connectivity index (χ2n) is 13.4. The van der Waals surface area contributed by atoms with E-state index >= 15 is 0 Å². The van der Waals surface area contributed by atoms with Crippen LogP contribution in [0.4, 0.5) is 0 Å². The Hall–Kier alpha value is -2.42. The summed E-state index contributed by atoms with van der Waals surface area (Å²) in [5.41, 5.74) is 2.98. The number of benzene rings is 1. The second-order valence-corrected chi connectivity index (χ2v) is 16.4. The van der Waals surface area contributed by atoms with Gasteiger partial charge in [-0.1, -0.05) is 76.3 Å². The number of hydrogen-bond acceptors (Lipinski definition) is 10. The van der Waals surface area contributed by atoms with Crippen molar-refractivity contribution in [3.63, 3.8) is 0 Å². The number of ether oxygens (including phenoxy) is 2. The third-order valence-electron chi connectivity index (χ3n) is 9.26. The first-order valence-electron chi connectivity index (χ1n) is 16.7. The molecule has 2 aliphatic rings. The third-order valence-corrected chi connectivity index (χ3v) is 12.0. The SMILES string of the molecule is COCOCCS(=O)(=O)[C@H]1[C@H](C(=O)N[C@@H](Cc2cscn2)C(=O)N[C@@H](CC2CCCCC2)[C@@H](O)[C@@H](O)CC(C)C)[C@H]1c1ccccc1. The van der Waals surface area contributed by atoms with Gasteiger partial charge < -0.3 is 30.3 Å². The highest BCUT2D eigenvalue weighted by Crippen LogP contribution is 2.52. The van der Waals surface area contributed by atoms with Crippen molar-refractivity contribution in [2.24, 2.45) is 17.8 Å². The second kappa shape index (κ2) is 17.8. The lowest BCUT2D eigenvalue weighted by Crippen LogP contribution is -2.56. The van der Waals surface area contributed by atoms with Gasteiger partial charge in [0.05, 0.1) is 46.9 Å². The zero-order valence-corrected chi connectivity index (χ0v) is 29.3. The van der Waals surface area contributed by atoms with E-state index in [-0.39, 0.29) is 31.5 Å². The van der Waals surface area contributed by atoms with E-state index in [1.54, 1.807) is 35.2 Å². The van der Waals surface area contributed by atoms with Crippen molar-refractivity contribution in [1.82, 2.24) is 15.6 Å². The van der Waals surface area contributed by atoms with Crippen molar-refractivity contribution in [3.05, 3.63) is 52.5 Å². The zero-order valence-electron chi connectivity index (χ0n) is 27.6. The molecule has 2 fully saturated rings. The fourth-order valence-corrected chi connectivity index (χ4v) is 9.45. The van der Waals surface area contributed by atoms with Gasteiger partial charge in [-0.2, -0.15) is 0 Å². The number of aromatic nitrogens is 1. The van der Waals surface area contributed by atoms with Gasteiger partial charge in [0.1, 0.15) is 18.9 Å². The number of nitrogens with zero attached hydrogens (tertiary/aromatic N) is 1. The predicted molar refractivity (Wildman–Crippen MR) is 180 cm³/mol. The number of carbonyl (C=O) groups is 2. The van der Waals surface area contributed by atoms with Gasteiger partial charge in [0.2, 0.25) is 11.8 Å². The van der Waals surface area contributed by atoms with Crippen LogP contribution in [0.5, 0.6) is 0 Å². The Balaban J connectivity index is 1.54. The standard InChI is InChI=1S/C34H51N3O8S2/c1-22(2)16-28(38)31(39)26(17-23-10-6-4-7-11-23)36-33(40)27(18-25-19-46-20-35-25)37-34(41)30-29(24-12-8-5-9-13-24)32(30)47(42,43)15-14-45-21-44-3/h5,8-9,12-13,19-20,22-23,26-32,38-39H,4,6-7,10-11,14-18,21H2,1-3H3,(H,36,40)(H,37,41)/t26-,27-,28-,29+,30+,31+,32+/m0/s1. The van der Waals surface area contributed by atoms with E-state index in [1.807, 2.05) is 19.9 Å². The third kappa shape index (κ3) is 10.8. The maximum absolute atomic E-state index is 14.0. The summed E-state index contributed by atoms with van der Waals surface area (Å²) in [5, 5.41) is 28.8. The molecule has 0 saturated heterocycles. The van der Waals surface area contributed by atoms with Crippen molar-refractivity contribution in [1.29, 1.82) is 0 Å². The summed E-state index contributed by atoms with van der Waals surface area (Å²) in [6, 6.07) is 7.26. The highest BCUT2D eigenvalue weighted by molar-refractivity contribution is 7.92. The Morgan fingerprint density at radius 1 is 1.09 bits per heavy atom. The molecule has 11 nitrogen and oxygen atoms in total. The summed E-state index contributed by atoms with van der Waals surface area (Å²) < 4.78 is 37.0. The number of carbonyl (C=O) groups excluding carboxylic acids is 2. The Bertz CT molecular complexity index is 1350. The van der Waals surface area contributed by atoms with E-state index in [0.717, 1.165) is 37.7 Å². The van der Waals surface area contributed by atoms with Crippen LogP contribution in [-0.4, -0.2) is 91.2 Å². The molecule has 13 heteroatoms. The average molecular weight is 694 g/mol. The maximum atomic E-state index is 14.0. The van der Waals surface area contributed by atoms with Crippen molar-refractivity contribution < 1.29 is 37.7 Å². The maximum Gasteiger partial charge on any atom is 0.243 e. The van der Waals surface area contributed by atoms with Crippen LogP contribution in [0.2, 0.25) is 0 Å². The molecular formula is C34H51N3O8S2. The molecule has 262 valence electrons. The molecular weight excluding hydrogens is 643 g/mol. The molecule has 0 bridgehead atoms. The summed E-state index contributed by atoms with van der Waals surface area (Å²) in [6.45, 7) is 3.82. The summed E-state index contributed by atoms with van der Waals surface area (Å²) in [7, 11) is -2.29. The Morgan fingerprint density at radius 2 is 1.81 bits per heavy atom. The van der Waals surface area contributed by atoms with Crippen molar-refractivity contribution >= 4 is 33.0 Å². The molecule has 0 aliphatic heterocycles. The quantitative estimate of drug-likeness (QED) is 0.128.